The van der Waals surface area contributed by atoms with Crippen LogP contribution in [0.1, 0.15) is 23.0 Å². The van der Waals surface area contributed by atoms with Gasteiger partial charge in [-0.2, -0.15) is 0 Å². The van der Waals surface area contributed by atoms with Crippen LogP contribution in [-0.2, 0) is 0 Å². The van der Waals surface area contributed by atoms with E-state index in [0.717, 1.165) is 0 Å². The Morgan fingerprint density at radius 3 is 2.65 bits per heavy atom. The molecule has 1 atom stereocenters. The first-order valence-electron chi connectivity index (χ1n) is 7.84. The molecule has 5 nitrogen and oxygen atoms in total. The number of hydrogen-bond donors (Lipinski definition) is 1. The average Bonchev–Trinajstić information content (AvgIpc) is 2.86. The molecule has 0 unspecified atom stereocenters. The first-order chi connectivity index (χ1) is 11.0. The van der Waals surface area contributed by atoms with Crippen molar-refractivity contribution in [2.45, 2.75) is 20.0 Å². The normalized spacial score (nSPS) is 17.7. The Hall–Kier alpha value is -1.92. The molecule has 0 radical (unpaired) electrons. The van der Waals surface area contributed by atoms with E-state index in [-0.39, 0.29) is 23.4 Å². The fourth-order valence-corrected chi connectivity index (χ4v) is 3.06. The number of furan rings is 1. The Labute approximate surface area is 134 Å². The second kappa shape index (κ2) is 6.29. The number of β-amino-alcohol motifs (C(OH)–C–C–N with tert-alkyl or cyclic N) is 1. The molecule has 2 aromatic rings. The molecule has 1 N–H and O–H groups in total. The van der Waals surface area contributed by atoms with Gasteiger partial charge in [-0.1, -0.05) is 12.1 Å². The lowest BCUT2D eigenvalue weighted by Crippen LogP contribution is -2.50. The van der Waals surface area contributed by atoms with Crippen LogP contribution in [0.25, 0.3) is 11.0 Å². The van der Waals surface area contributed by atoms with E-state index >= 15 is 0 Å². The van der Waals surface area contributed by atoms with E-state index in [4.69, 9.17) is 4.42 Å². The lowest BCUT2D eigenvalue weighted by Gasteiger charge is -2.34. The van der Waals surface area contributed by atoms with E-state index in [1.807, 2.05) is 0 Å². The third kappa shape index (κ3) is 3.09. The molecular formula is C17H21FN2O3. The van der Waals surface area contributed by atoms with E-state index in [0.29, 0.717) is 43.7 Å². The molecule has 0 saturated carbocycles. The minimum absolute atomic E-state index is 0.140. The summed E-state index contributed by atoms with van der Waals surface area (Å²) in [5, 5.41) is 10.1. The summed E-state index contributed by atoms with van der Waals surface area (Å²) >= 11 is 0. The van der Waals surface area contributed by atoms with Gasteiger partial charge in [-0.15, -0.1) is 0 Å². The first-order valence-corrected chi connectivity index (χ1v) is 7.84. The minimum atomic E-state index is -0.452. The number of halogens is 1. The highest BCUT2D eigenvalue weighted by atomic mass is 19.1. The van der Waals surface area contributed by atoms with Gasteiger partial charge in [0.25, 0.3) is 5.91 Å². The van der Waals surface area contributed by atoms with Crippen molar-refractivity contribution >= 4 is 16.9 Å². The van der Waals surface area contributed by atoms with Crippen molar-refractivity contribution in [1.82, 2.24) is 9.80 Å². The van der Waals surface area contributed by atoms with Crippen LogP contribution in [0.5, 0.6) is 0 Å². The van der Waals surface area contributed by atoms with Gasteiger partial charge in [-0.25, -0.2) is 4.39 Å². The van der Waals surface area contributed by atoms with E-state index in [9.17, 15) is 14.3 Å². The van der Waals surface area contributed by atoms with E-state index < -0.39 is 5.82 Å². The number of carbonyl (C=O) groups excluding carboxylic acids is 1. The molecule has 124 valence electrons. The summed E-state index contributed by atoms with van der Waals surface area (Å²) in [6.45, 7) is 6.71. The van der Waals surface area contributed by atoms with Crippen molar-refractivity contribution in [2.75, 3.05) is 32.7 Å². The number of fused-ring (bicyclic) bond motifs is 1. The Kier molecular flexibility index (Phi) is 4.37. The summed E-state index contributed by atoms with van der Waals surface area (Å²) in [5.41, 5.74) is 0.817. The molecule has 0 spiro atoms. The molecule has 1 saturated heterocycles. The Balaban J connectivity index is 1.77. The van der Waals surface area contributed by atoms with Gasteiger partial charge in [0.15, 0.2) is 17.2 Å². The number of rotatable bonds is 3. The summed E-state index contributed by atoms with van der Waals surface area (Å²) in [4.78, 5) is 16.5. The van der Waals surface area contributed by atoms with Gasteiger partial charge in [-0.05, 0) is 19.9 Å². The van der Waals surface area contributed by atoms with Crippen molar-refractivity contribution in [3.8, 4) is 0 Å². The van der Waals surface area contributed by atoms with Crippen LogP contribution in [0.2, 0.25) is 0 Å². The van der Waals surface area contributed by atoms with Gasteiger partial charge in [0.05, 0.1) is 6.10 Å². The Bertz CT molecular complexity index is 718. The zero-order valence-electron chi connectivity index (χ0n) is 13.4. The molecular weight excluding hydrogens is 299 g/mol. The van der Waals surface area contributed by atoms with Crippen LogP contribution in [0, 0.1) is 12.7 Å². The second-order valence-electron chi connectivity index (χ2n) is 6.11. The zero-order chi connectivity index (χ0) is 16.6. The maximum atomic E-state index is 13.8. The van der Waals surface area contributed by atoms with E-state index in [1.165, 1.54) is 6.07 Å². The van der Waals surface area contributed by atoms with Crippen LogP contribution in [-0.4, -0.2) is 59.6 Å². The standard InChI is InChI=1S/C17H21FN2O3/c1-11(21)10-19-6-8-20(9-7-19)17(22)15-12(2)13-4-3-5-14(18)16(13)23-15/h3-5,11,21H,6-10H2,1-2H3/t11-/m1/s1. The molecule has 1 aliphatic heterocycles. The van der Waals surface area contributed by atoms with Gasteiger partial charge in [0.1, 0.15) is 0 Å². The van der Waals surface area contributed by atoms with Crippen molar-refractivity contribution in [3.05, 3.63) is 35.3 Å². The van der Waals surface area contributed by atoms with E-state index in [2.05, 4.69) is 4.90 Å². The molecule has 0 bridgehead atoms. The average molecular weight is 320 g/mol. The Morgan fingerprint density at radius 1 is 1.35 bits per heavy atom. The molecule has 2 heterocycles. The van der Waals surface area contributed by atoms with Crippen LogP contribution >= 0.6 is 0 Å². The predicted octanol–water partition coefficient (Wildman–Crippen LogP) is 2.02. The molecule has 23 heavy (non-hydrogen) atoms. The van der Waals surface area contributed by atoms with Gasteiger partial charge in [0, 0.05) is 43.7 Å². The van der Waals surface area contributed by atoms with Gasteiger partial charge < -0.3 is 14.4 Å². The summed E-state index contributed by atoms with van der Waals surface area (Å²) in [6.07, 6.45) is -0.377. The monoisotopic (exact) mass is 320 g/mol. The Morgan fingerprint density at radius 2 is 2.04 bits per heavy atom. The maximum absolute atomic E-state index is 13.8. The SMILES string of the molecule is Cc1c(C(=O)N2CCN(C[C@@H](C)O)CC2)oc2c(F)cccc12. The number of aliphatic hydroxyl groups is 1. The van der Waals surface area contributed by atoms with E-state index in [1.54, 1.807) is 30.9 Å². The number of aliphatic hydroxyl groups excluding tert-OH is 1. The summed E-state index contributed by atoms with van der Waals surface area (Å²) in [7, 11) is 0. The number of aryl methyl sites for hydroxylation is 1. The molecule has 3 rings (SSSR count). The van der Waals surface area contributed by atoms with Crippen LogP contribution in [0.3, 0.4) is 0 Å². The number of hydrogen-bond acceptors (Lipinski definition) is 4. The number of para-hydroxylation sites is 1. The van der Waals surface area contributed by atoms with Crippen molar-refractivity contribution < 1.29 is 18.7 Å². The van der Waals surface area contributed by atoms with Crippen LogP contribution < -0.4 is 0 Å². The van der Waals surface area contributed by atoms with Crippen molar-refractivity contribution in [1.29, 1.82) is 0 Å². The molecule has 0 aliphatic carbocycles. The quantitative estimate of drug-likeness (QED) is 0.940. The number of carbonyl (C=O) groups is 1. The van der Waals surface area contributed by atoms with Gasteiger partial charge in [0.2, 0.25) is 0 Å². The highest BCUT2D eigenvalue weighted by Gasteiger charge is 2.27. The lowest BCUT2D eigenvalue weighted by molar-refractivity contribution is 0.0529. The third-order valence-electron chi connectivity index (χ3n) is 4.29. The molecule has 1 aliphatic rings. The summed E-state index contributed by atoms with van der Waals surface area (Å²) in [6, 6.07) is 4.70. The second-order valence-corrected chi connectivity index (χ2v) is 6.11. The minimum Gasteiger partial charge on any atom is -0.448 e. The lowest BCUT2D eigenvalue weighted by atomic mass is 10.1. The fourth-order valence-electron chi connectivity index (χ4n) is 3.06. The highest BCUT2D eigenvalue weighted by Crippen LogP contribution is 2.28. The fraction of sp³-hybridized carbons (Fsp3) is 0.471. The predicted molar refractivity (Wildman–Crippen MR) is 84.9 cm³/mol. The highest BCUT2D eigenvalue weighted by molar-refractivity contribution is 5.99. The molecule has 1 aromatic heterocycles. The smallest absolute Gasteiger partial charge is 0.289 e. The van der Waals surface area contributed by atoms with Crippen LogP contribution in [0.15, 0.2) is 22.6 Å². The van der Waals surface area contributed by atoms with Crippen molar-refractivity contribution in [3.63, 3.8) is 0 Å². The third-order valence-corrected chi connectivity index (χ3v) is 4.29. The molecule has 1 amide bonds. The van der Waals surface area contributed by atoms with Gasteiger partial charge in [-0.3, -0.25) is 9.69 Å². The van der Waals surface area contributed by atoms with Gasteiger partial charge >= 0.3 is 0 Å². The first kappa shape index (κ1) is 16.0. The number of amides is 1. The van der Waals surface area contributed by atoms with Crippen LogP contribution in [0.4, 0.5) is 4.39 Å². The topological polar surface area (TPSA) is 56.9 Å². The summed E-state index contributed by atoms with van der Waals surface area (Å²) < 4.78 is 19.3. The molecule has 6 heteroatoms. The largest absolute Gasteiger partial charge is 0.448 e. The van der Waals surface area contributed by atoms with Crippen molar-refractivity contribution in [2.24, 2.45) is 0 Å². The number of nitrogens with zero attached hydrogens (tertiary/aromatic N) is 2. The molecule has 1 aromatic carbocycles. The number of benzene rings is 1. The zero-order valence-corrected chi connectivity index (χ0v) is 13.4. The summed E-state index contributed by atoms with van der Waals surface area (Å²) in [5.74, 6) is -0.435. The number of piperazine rings is 1. The maximum Gasteiger partial charge on any atom is 0.289 e. The molecule has 1 fully saturated rings.